The number of likely N-dealkylation sites (tertiary alicyclic amines) is 1. The molecule has 1 saturated heterocycles. The Labute approximate surface area is 182 Å². The summed E-state index contributed by atoms with van der Waals surface area (Å²) in [5.41, 5.74) is 1.27. The van der Waals surface area contributed by atoms with Crippen molar-refractivity contribution in [1.29, 1.82) is 0 Å². The van der Waals surface area contributed by atoms with E-state index in [0.717, 1.165) is 32.1 Å². The molecule has 3 unspecified atom stereocenters. The molecule has 1 fully saturated rings. The molecule has 0 amide bonds. The lowest BCUT2D eigenvalue weighted by atomic mass is 9.89. The van der Waals surface area contributed by atoms with E-state index in [4.69, 9.17) is 4.99 Å². The molecule has 2 heterocycles. The maximum atomic E-state index is 4.93. The van der Waals surface area contributed by atoms with Crippen LogP contribution in [0.4, 0.5) is 0 Å². The van der Waals surface area contributed by atoms with E-state index in [0.29, 0.717) is 29.8 Å². The van der Waals surface area contributed by atoms with Crippen LogP contribution in [0.3, 0.4) is 0 Å². The van der Waals surface area contributed by atoms with Gasteiger partial charge in [0.15, 0.2) is 5.96 Å². The molecule has 2 rings (SSSR count). The number of nitrogens with zero attached hydrogens (tertiary/aromatic N) is 3. The van der Waals surface area contributed by atoms with Gasteiger partial charge in [-0.2, -0.15) is 0 Å². The van der Waals surface area contributed by atoms with Gasteiger partial charge in [-0.1, -0.05) is 26.8 Å². The highest BCUT2D eigenvalue weighted by Crippen LogP contribution is 2.24. The van der Waals surface area contributed by atoms with Gasteiger partial charge in [-0.3, -0.25) is 14.9 Å². The fraction of sp³-hybridized carbons (Fsp3) is 0.714. The zero-order valence-corrected chi connectivity index (χ0v) is 20.1. The van der Waals surface area contributed by atoms with E-state index < -0.39 is 0 Å². The Hall–Kier alpha value is -0.890. The molecular weight excluding hydrogens is 449 g/mol. The number of halogens is 1. The van der Waals surface area contributed by atoms with E-state index in [1.54, 1.807) is 0 Å². The first kappa shape index (κ1) is 24.1. The number of pyridine rings is 1. The van der Waals surface area contributed by atoms with Crippen molar-refractivity contribution in [3.05, 3.63) is 30.1 Å². The number of aromatic nitrogens is 1. The largest absolute Gasteiger partial charge is 0.357 e. The Balaban J connectivity index is 0.00000364. The van der Waals surface area contributed by atoms with Crippen molar-refractivity contribution in [1.82, 2.24) is 20.5 Å². The lowest BCUT2D eigenvalue weighted by Gasteiger charge is -2.23. The molecule has 0 saturated carbocycles. The van der Waals surface area contributed by atoms with Crippen molar-refractivity contribution >= 4 is 29.9 Å². The van der Waals surface area contributed by atoms with Gasteiger partial charge in [-0.25, -0.2) is 0 Å². The first-order chi connectivity index (χ1) is 12.4. The Morgan fingerprint density at radius 2 is 2.04 bits per heavy atom. The average molecular weight is 487 g/mol. The van der Waals surface area contributed by atoms with Gasteiger partial charge in [0.05, 0.1) is 0 Å². The second-order valence-corrected chi connectivity index (χ2v) is 8.13. The Morgan fingerprint density at radius 1 is 1.30 bits per heavy atom. The maximum absolute atomic E-state index is 4.93. The number of hydrogen-bond donors (Lipinski definition) is 2. The summed E-state index contributed by atoms with van der Waals surface area (Å²) < 4.78 is 0. The van der Waals surface area contributed by atoms with Crippen LogP contribution in [0.1, 0.15) is 53.0 Å². The standard InChI is InChI=1S/C21H37N5.HI/c1-7-23-21(25-20-14-26(16(4)5)13-17(20)6)24-12-19(15(2)3)18-9-8-10-22-11-18;/h8-11,15-17,19-20H,7,12-14H2,1-6H3,(H2,23,24,25);1H. The highest BCUT2D eigenvalue weighted by Gasteiger charge is 2.31. The zero-order chi connectivity index (χ0) is 19.1. The van der Waals surface area contributed by atoms with Crippen LogP contribution in [0.5, 0.6) is 0 Å². The summed E-state index contributed by atoms with van der Waals surface area (Å²) in [5.74, 6) is 2.46. The summed E-state index contributed by atoms with van der Waals surface area (Å²) in [6, 6.07) is 5.22. The first-order valence-electron chi connectivity index (χ1n) is 10.1. The molecule has 2 N–H and O–H groups in total. The molecular formula is C21H38IN5. The second-order valence-electron chi connectivity index (χ2n) is 8.13. The number of nitrogens with one attached hydrogen (secondary N) is 2. The molecule has 1 aromatic heterocycles. The van der Waals surface area contributed by atoms with Crippen LogP contribution in [0, 0.1) is 11.8 Å². The van der Waals surface area contributed by atoms with Crippen LogP contribution in [0.2, 0.25) is 0 Å². The molecule has 154 valence electrons. The van der Waals surface area contributed by atoms with Gasteiger partial charge in [0.2, 0.25) is 0 Å². The molecule has 1 aliphatic heterocycles. The SMILES string of the molecule is CCNC(=NCC(c1cccnc1)C(C)C)NC1CN(C(C)C)CC1C.I. The van der Waals surface area contributed by atoms with Crippen molar-refractivity contribution in [2.24, 2.45) is 16.8 Å². The molecule has 5 nitrogen and oxygen atoms in total. The Morgan fingerprint density at radius 3 is 2.56 bits per heavy atom. The third-order valence-electron chi connectivity index (χ3n) is 5.40. The average Bonchev–Trinajstić information content (AvgIpc) is 2.97. The van der Waals surface area contributed by atoms with Gasteiger partial charge in [0.1, 0.15) is 0 Å². The highest BCUT2D eigenvalue weighted by atomic mass is 127. The highest BCUT2D eigenvalue weighted by molar-refractivity contribution is 14.0. The Kier molecular flexibility index (Phi) is 10.6. The van der Waals surface area contributed by atoms with Crippen LogP contribution >= 0.6 is 24.0 Å². The normalized spacial score (nSPS) is 22.0. The van der Waals surface area contributed by atoms with Crippen molar-refractivity contribution in [2.45, 2.75) is 59.5 Å². The minimum Gasteiger partial charge on any atom is -0.357 e. The van der Waals surface area contributed by atoms with Crippen LogP contribution in [0.25, 0.3) is 0 Å². The van der Waals surface area contributed by atoms with E-state index in [-0.39, 0.29) is 24.0 Å². The quantitative estimate of drug-likeness (QED) is 0.350. The lowest BCUT2D eigenvalue weighted by Crippen LogP contribution is -2.47. The summed E-state index contributed by atoms with van der Waals surface area (Å²) >= 11 is 0. The van der Waals surface area contributed by atoms with Gasteiger partial charge >= 0.3 is 0 Å². The van der Waals surface area contributed by atoms with Crippen LogP contribution in [0.15, 0.2) is 29.5 Å². The van der Waals surface area contributed by atoms with Crippen molar-refractivity contribution in [2.75, 3.05) is 26.2 Å². The van der Waals surface area contributed by atoms with Crippen LogP contribution < -0.4 is 10.6 Å². The predicted molar refractivity (Wildman–Crippen MR) is 126 cm³/mol. The van der Waals surface area contributed by atoms with Crippen molar-refractivity contribution in [3.63, 3.8) is 0 Å². The fourth-order valence-corrected chi connectivity index (χ4v) is 3.60. The molecule has 0 aliphatic carbocycles. The molecule has 27 heavy (non-hydrogen) atoms. The number of rotatable bonds is 7. The molecule has 1 aromatic rings. The van der Waals surface area contributed by atoms with E-state index in [2.05, 4.69) is 68.1 Å². The Bertz CT molecular complexity index is 561. The van der Waals surface area contributed by atoms with Gasteiger partial charge in [0, 0.05) is 56.6 Å². The van der Waals surface area contributed by atoms with E-state index in [9.17, 15) is 0 Å². The van der Waals surface area contributed by atoms with Crippen molar-refractivity contribution in [3.8, 4) is 0 Å². The molecule has 1 aliphatic rings. The lowest BCUT2D eigenvalue weighted by molar-refractivity contribution is 0.265. The minimum atomic E-state index is 0. The first-order valence-corrected chi connectivity index (χ1v) is 10.1. The van der Waals surface area contributed by atoms with E-state index in [1.165, 1.54) is 5.56 Å². The number of aliphatic imine (C=N–C) groups is 1. The molecule has 0 aromatic carbocycles. The minimum absolute atomic E-state index is 0. The third-order valence-corrected chi connectivity index (χ3v) is 5.40. The second kappa shape index (κ2) is 11.8. The zero-order valence-electron chi connectivity index (χ0n) is 17.8. The smallest absolute Gasteiger partial charge is 0.191 e. The van der Waals surface area contributed by atoms with Crippen molar-refractivity contribution < 1.29 is 0 Å². The van der Waals surface area contributed by atoms with E-state index in [1.807, 2.05) is 18.5 Å². The molecule has 0 spiro atoms. The molecule has 0 bridgehead atoms. The van der Waals surface area contributed by atoms with Crippen LogP contribution in [-0.4, -0.2) is 54.1 Å². The summed E-state index contributed by atoms with van der Waals surface area (Å²) in [7, 11) is 0. The monoisotopic (exact) mass is 487 g/mol. The summed E-state index contributed by atoms with van der Waals surface area (Å²) in [6.45, 7) is 17.4. The van der Waals surface area contributed by atoms with Crippen LogP contribution in [-0.2, 0) is 0 Å². The molecule has 6 heteroatoms. The van der Waals surface area contributed by atoms with Gasteiger partial charge in [0.25, 0.3) is 0 Å². The fourth-order valence-electron chi connectivity index (χ4n) is 3.60. The van der Waals surface area contributed by atoms with E-state index >= 15 is 0 Å². The molecule has 0 radical (unpaired) electrons. The van der Waals surface area contributed by atoms with Gasteiger partial charge in [-0.15, -0.1) is 24.0 Å². The number of hydrogen-bond acceptors (Lipinski definition) is 3. The van der Waals surface area contributed by atoms with Gasteiger partial charge < -0.3 is 10.6 Å². The summed E-state index contributed by atoms with van der Waals surface area (Å²) in [4.78, 5) is 11.8. The van der Waals surface area contributed by atoms with Gasteiger partial charge in [-0.05, 0) is 44.2 Å². The number of guanidine groups is 1. The summed E-state index contributed by atoms with van der Waals surface area (Å²) in [5, 5.41) is 7.10. The predicted octanol–water partition coefficient (Wildman–Crippen LogP) is 3.72. The summed E-state index contributed by atoms with van der Waals surface area (Å²) in [6.07, 6.45) is 3.80. The topological polar surface area (TPSA) is 52.6 Å². The maximum Gasteiger partial charge on any atom is 0.191 e. The molecule has 3 atom stereocenters. The third kappa shape index (κ3) is 7.22.